The molecule has 2 aromatic carbocycles. The molecule has 0 radical (unpaired) electrons. The molecule has 0 aromatic heterocycles. The van der Waals surface area contributed by atoms with Crippen molar-refractivity contribution in [3.63, 3.8) is 0 Å². The molecular formula is C18H23Cl2NO3. The summed E-state index contributed by atoms with van der Waals surface area (Å²) in [5.41, 5.74) is 2.23. The maximum absolute atomic E-state index is 6.27. The average Bonchev–Trinajstić information content (AvgIpc) is 2.57. The molecule has 0 spiro atoms. The normalized spacial score (nSPS) is 10.0. The van der Waals surface area contributed by atoms with Gasteiger partial charge < -0.3 is 19.5 Å². The molecule has 24 heavy (non-hydrogen) atoms. The summed E-state index contributed by atoms with van der Waals surface area (Å²) >= 11 is 6.27. The van der Waals surface area contributed by atoms with Crippen molar-refractivity contribution >= 4 is 24.0 Å². The molecule has 2 rings (SSSR count). The van der Waals surface area contributed by atoms with E-state index in [0.717, 1.165) is 17.9 Å². The molecule has 0 amide bonds. The maximum atomic E-state index is 6.27. The minimum atomic E-state index is 0. The zero-order valence-electron chi connectivity index (χ0n) is 14.1. The number of nitrogens with one attached hydrogen (secondary N) is 1. The van der Waals surface area contributed by atoms with Gasteiger partial charge in [0.25, 0.3) is 0 Å². The Labute approximate surface area is 154 Å². The zero-order chi connectivity index (χ0) is 16.7. The van der Waals surface area contributed by atoms with Crippen molar-refractivity contribution in [3.8, 4) is 17.2 Å². The molecule has 0 aliphatic carbocycles. The van der Waals surface area contributed by atoms with Crippen LogP contribution in [-0.4, -0.2) is 20.8 Å². The van der Waals surface area contributed by atoms with Crippen LogP contribution in [0.2, 0.25) is 5.02 Å². The summed E-state index contributed by atoms with van der Waals surface area (Å²) in [6.07, 6.45) is 0. The molecule has 0 aliphatic heterocycles. The van der Waals surface area contributed by atoms with Crippen LogP contribution >= 0.6 is 24.0 Å². The summed E-state index contributed by atoms with van der Waals surface area (Å²) in [7, 11) is 3.28. The van der Waals surface area contributed by atoms with Crippen molar-refractivity contribution in [2.45, 2.75) is 20.0 Å². The van der Waals surface area contributed by atoms with Gasteiger partial charge in [-0.3, -0.25) is 0 Å². The molecule has 0 atom stereocenters. The standard InChI is InChI=1S/C18H22ClNO3.ClH/c1-4-23-18-16(19)9-14(10-17(18)22-3)12-20-11-13-5-7-15(21-2)8-6-13;/h5-10,20H,4,11-12H2,1-3H3;1H. The molecule has 4 nitrogen and oxygen atoms in total. The Hall–Kier alpha value is -1.62. The van der Waals surface area contributed by atoms with Crippen molar-refractivity contribution in [1.29, 1.82) is 0 Å². The van der Waals surface area contributed by atoms with Crippen LogP contribution in [0.25, 0.3) is 0 Å². The van der Waals surface area contributed by atoms with Crippen molar-refractivity contribution in [2.75, 3.05) is 20.8 Å². The number of hydrogen-bond acceptors (Lipinski definition) is 4. The summed E-state index contributed by atoms with van der Waals surface area (Å²) < 4.78 is 16.0. The predicted molar refractivity (Wildman–Crippen MR) is 100.0 cm³/mol. The van der Waals surface area contributed by atoms with Gasteiger partial charge in [0.15, 0.2) is 11.5 Å². The van der Waals surface area contributed by atoms with Gasteiger partial charge in [0.1, 0.15) is 5.75 Å². The van der Waals surface area contributed by atoms with Crippen LogP contribution < -0.4 is 19.5 Å². The van der Waals surface area contributed by atoms with Crippen LogP contribution in [0.1, 0.15) is 18.1 Å². The molecule has 2 aromatic rings. The van der Waals surface area contributed by atoms with Crippen LogP contribution in [0.3, 0.4) is 0 Å². The third-order valence-corrected chi connectivity index (χ3v) is 3.68. The fourth-order valence-corrected chi connectivity index (χ4v) is 2.54. The van der Waals surface area contributed by atoms with E-state index < -0.39 is 0 Å². The van der Waals surface area contributed by atoms with Gasteiger partial charge in [0, 0.05) is 13.1 Å². The van der Waals surface area contributed by atoms with Crippen LogP contribution in [0.4, 0.5) is 0 Å². The van der Waals surface area contributed by atoms with E-state index in [1.54, 1.807) is 14.2 Å². The number of benzene rings is 2. The Bertz CT molecular complexity index is 633. The van der Waals surface area contributed by atoms with E-state index in [-0.39, 0.29) is 12.4 Å². The first kappa shape index (κ1) is 20.4. The molecule has 0 saturated carbocycles. The van der Waals surface area contributed by atoms with Gasteiger partial charge in [-0.15, -0.1) is 12.4 Å². The minimum absolute atomic E-state index is 0. The number of halogens is 2. The highest BCUT2D eigenvalue weighted by atomic mass is 35.5. The Morgan fingerprint density at radius 3 is 2.21 bits per heavy atom. The number of ether oxygens (including phenoxy) is 3. The minimum Gasteiger partial charge on any atom is -0.497 e. The first-order valence-electron chi connectivity index (χ1n) is 7.50. The molecule has 6 heteroatoms. The second-order valence-electron chi connectivity index (χ2n) is 4.99. The van der Waals surface area contributed by atoms with Gasteiger partial charge in [0.2, 0.25) is 0 Å². The van der Waals surface area contributed by atoms with Crippen LogP contribution in [0, 0.1) is 0 Å². The van der Waals surface area contributed by atoms with Gasteiger partial charge in [0.05, 0.1) is 25.8 Å². The Morgan fingerprint density at radius 2 is 1.62 bits per heavy atom. The topological polar surface area (TPSA) is 39.7 Å². The van der Waals surface area contributed by atoms with Crippen LogP contribution in [-0.2, 0) is 13.1 Å². The summed E-state index contributed by atoms with van der Waals surface area (Å²) in [5.74, 6) is 2.10. The first-order valence-corrected chi connectivity index (χ1v) is 7.88. The molecule has 0 unspecified atom stereocenters. The third kappa shape index (κ3) is 5.48. The molecule has 0 bridgehead atoms. The lowest BCUT2D eigenvalue weighted by Gasteiger charge is -2.13. The predicted octanol–water partition coefficient (Wildman–Crippen LogP) is 4.47. The highest BCUT2D eigenvalue weighted by molar-refractivity contribution is 6.32. The Morgan fingerprint density at radius 1 is 0.958 bits per heavy atom. The van der Waals surface area contributed by atoms with Gasteiger partial charge in [-0.1, -0.05) is 23.7 Å². The van der Waals surface area contributed by atoms with E-state index in [1.807, 2.05) is 43.3 Å². The van der Waals surface area contributed by atoms with Gasteiger partial charge in [-0.05, 0) is 42.3 Å². The highest BCUT2D eigenvalue weighted by Gasteiger charge is 2.11. The first-order chi connectivity index (χ1) is 11.2. The van der Waals surface area contributed by atoms with E-state index in [2.05, 4.69) is 5.32 Å². The van der Waals surface area contributed by atoms with Crippen LogP contribution in [0.15, 0.2) is 36.4 Å². The highest BCUT2D eigenvalue weighted by Crippen LogP contribution is 2.36. The number of methoxy groups -OCH3 is 2. The molecule has 0 saturated heterocycles. The lowest BCUT2D eigenvalue weighted by molar-refractivity contribution is 0.311. The molecule has 0 fully saturated rings. The summed E-state index contributed by atoms with van der Waals surface area (Å²) in [4.78, 5) is 0. The average molecular weight is 372 g/mol. The lowest BCUT2D eigenvalue weighted by atomic mass is 10.1. The third-order valence-electron chi connectivity index (χ3n) is 3.40. The fourth-order valence-electron chi connectivity index (χ4n) is 2.25. The lowest BCUT2D eigenvalue weighted by Crippen LogP contribution is -2.13. The fraction of sp³-hybridized carbons (Fsp3) is 0.333. The van der Waals surface area contributed by atoms with E-state index in [1.165, 1.54) is 5.56 Å². The van der Waals surface area contributed by atoms with Crippen molar-refractivity contribution in [1.82, 2.24) is 5.32 Å². The number of rotatable bonds is 8. The largest absolute Gasteiger partial charge is 0.497 e. The summed E-state index contributed by atoms with van der Waals surface area (Å²) in [5, 5.41) is 3.95. The molecular weight excluding hydrogens is 349 g/mol. The Balaban J connectivity index is 0.00000288. The van der Waals surface area contributed by atoms with E-state index >= 15 is 0 Å². The van der Waals surface area contributed by atoms with Gasteiger partial charge in [-0.2, -0.15) is 0 Å². The molecule has 132 valence electrons. The molecule has 0 aliphatic rings. The van der Waals surface area contributed by atoms with Crippen molar-refractivity contribution in [2.24, 2.45) is 0 Å². The quantitative estimate of drug-likeness (QED) is 0.742. The van der Waals surface area contributed by atoms with Gasteiger partial charge in [-0.25, -0.2) is 0 Å². The monoisotopic (exact) mass is 371 g/mol. The summed E-state index contributed by atoms with van der Waals surface area (Å²) in [6.45, 7) is 3.91. The van der Waals surface area contributed by atoms with E-state index in [4.69, 9.17) is 25.8 Å². The summed E-state index contributed by atoms with van der Waals surface area (Å²) in [6, 6.07) is 11.8. The number of hydrogen-bond donors (Lipinski definition) is 1. The smallest absolute Gasteiger partial charge is 0.179 e. The SMILES string of the molecule is CCOc1c(Cl)cc(CNCc2ccc(OC)cc2)cc1OC.Cl. The zero-order valence-corrected chi connectivity index (χ0v) is 15.7. The second-order valence-corrected chi connectivity index (χ2v) is 5.40. The molecule has 1 N–H and O–H groups in total. The maximum Gasteiger partial charge on any atom is 0.179 e. The second kappa shape index (κ2) is 10.3. The van der Waals surface area contributed by atoms with Crippen molar-refractivity contribution < 1.29 is 14.2 Å². The Kier molecular flexibility index (Phi) is 8.76. The van der Waals surface area contributed by atoms with Crippen LogP contribution in [0.5, 0.6) is 17.2 Å². The van der Waals surface area contributed by atoms with E-state index in [0.29, 0.717) is 29.7 Å². The van der Waals surface area contributed by atoms with Gasteiger partial charge >= 0.3 is 0 Å². The van der Waals surface area contributed by atoms with Crippen molar-refractivity contribution in [3.05, 3.63) is 52.5 Å². The van der Waals surface area contributed by atoms with E-state index in [9.17, 15) is 0 Å². The molecule has 0 heterocycles.